The predicted octanol–water partition coefficient (Wildman–Crippen LogP) is 9.81. The standard InChI is InChI=1S/C51H50N6O4S2/c1-34(58)55-28-24-41(25-29-55)48(60)52-31-42(38-12-6-3-7-13-38)51(61)57-27-9-15-44(57)50-54-33-46(63-50)40-22-18-37(19-23-40)36-16-20-39(21-17-36)45-32-53-49(62-45)43-14-8-26-56(43)47(59)30-35-10-4-2-5-11-35/h2-7,10-13,16-23,31-33,41-44H,8-9,14-15,24-30H2,1H3/t42?,43-,44-/m0/s1. The molecule has 0 spiro atoms. The molecule has 3 atom stereocenters. The van der Waals surface area contributed by atoms with Crippen LogP contribution >= 0.6 is 22.7 Å². The minimum absolute atomic E-state index is 0.0214. The zero-order valence-corrected chi connectivity index (χ0v) is 37.0. The van der Waals surface area contributed by atoms with Crippen LogP contribution in [-0.2, 0) is 25.6 Å². The Morgan fingerprint density at radius 1 is 0.651 bits per heavy atom. The number of thiazole rings is 2. The van der Waals surface area contributed by atoms with Gasteiger partial charge in [-0.3, -0.25) is 19.2 Å². The molecule has 0 aliphatic carbocycles. The number of likely N-dealkylation sites (tertiary alicyclic amines) is 3. The molecule has 1 unspecified atom stereocenters. The number of aliphatic imine (C=N–C) groups is 1. The number of rotatable bonds is 11. The van der Waals surface area contributed by atoms with Crippen LogP contribution < -0.4 is 0 Å². The molecule has 0 bridgehead atoms. The summed E-state index contributed by atoms with van der Waals surface area (Å²) in [5.74, 6) is -1.09. The second kappa shape index (κ2) is 19.1. The molecule has 4 amide bonds. The molecule has 0 N–H and O–H groups in total. The van der Waals surface area contributed by atoms with Crippen LogP contribution in [0, 0.1) is 5.92 Å². The van der Waals surface area contributed by atoms with E-state index >= 15 is 0 Å². The topological polar surface area (TPSA) is 116 Å². The number of nitrogens with zero attached hydrogens (tertiary/aromatic N) is 6. The Bertz CT molecular complexity index is 2580. The van der Waals surface area contributed by atoms with E-state index in [1.807, 2.05) is 82.9 Å². The van der Waals surface area contributed by atoms with E-state index in [-0.39, 0.29) is 41.6 Å². The van der Waals surface area contributed by atoms with Gasteiger partial charge in [0.1, 0.15) is 10.0 Å². The van der Waals surface area contributed by atoms with Crippen LogP contribution in [0.2, 0.25) is 0 Å². The molecule has 0 saturated carbocycles. The number of amides is 4. The normalized spacial score (nSPS) is 18.6. The van der Waals surface area contributed by atoms with Gasteiger partial charge in [-0.25, -0.2) is 15.0 Å². The average molecular weight is 875 g/mol. The van der Waals surface area contributed by atoms with E-state index in [4.69, 9.17) is 9.97 Å². The number of carbonyl (C=O) groups is 4. The van der Waals surface area contributed by atoms with E-state index in [1.165, 1.54) is 6.21 Å². The Morgan fingerprint density at radius 3 is 1.71 bits per heavy atom. The zero-order valence-electron chi connectivity index (χ0n) is 35.3. The molecule has 9 rings (SSSR count). The Balaban J connectivity index is 0.842. The largest absolute Gasteiger partial charge is 0.343 e. The van der Waals surface area contributed by atoms with Crippen LogP contribution in [0.1, 0.15) is 84.6 Å². The van der Waals surface area contributed by atoms with Gasteiger partial charge in [-0.1, -0.05) is 109 Å². The number of hydrogen-bond donors (Lipinski definition) is 0. The maximum atomic E-state index is 14.4. The van der Waals surface area contributed by atoms with E-state index in [2.05, 4.69) is 53.5 Å². The summed E-state index contributed by atoms with van der Waals surface area (Å²) in [6.45, 7) is 4.02. The van der Waals surface area contributed by atoms with Gasteiger partial charge in [0, 0.05) is 57.6 Å². The molecule has 3 aliphatic rings. The molecule has 63 heavy (non-hydrogen) atoms. The van der Waals surface area contributed by atoms with Gasteiger partial charge >= 0.3 is 0 Å². The van der Waals surface area contributed by atoms with Crippen molar-refractivity contribution in [1.29, 1.82) is 0 Å². The van der Waals surface area contributed by atoms with Crippen molar-refractivity contribution in [2.24, 2.45) is 10.9 Å². The number of carbonyl (C=O) groups excluding carboxylic acids is 4. The maximum absolute atomic E-state index is 14.4. The first-order valence-electron chi connectivity index (χ1n) is 21.9. The van der Waals surface area contributed by atoms with E-state index in [1.54, 1.807) is 34.5 Å². The van der Waals surface area contributed by atoms with Crippen molar-refractivity contribution in [3.63, 3.8) is 0 Å². The molecule has 12 heteroatoms. The lowest BCUT2D eigenvalue weighted by molar-refractivity contribution is -0.133. The highest BCUT2D eigenvalue weighted by atomic mass is 32.1. The van der Waals surface area contributed by atoms with Gasteiger partial charge in [0.25, 0.3) is 0 Å². The molecule has 5 heterocycles. The van der Waals surface area contributed by atoms with Gasteiger partial charge in [0.2, 0.25) is 23.6 Å². The minimum atomic E-state index is -0.696. The summed E-state index contributed by atoms with van der Waals surface area (Å²) in [5, 5.41) is 1.90. The van der Waals surface area contributed by atoms with Gasteiger partial charge < -0.3 is 14.7 Å². The van der Waals surface area contributed by atoms with Crippen molar-refractivity contribution in [1.82, 2.24) is 24.7 Å². The SMILES string of the molecule is CC(=O)N1CCC(C(=O)N=CC(C(=O)N2CCC[C@H]2c2ncc(-c3ccc(-c4ccc(-c5cnc([C@@H]6CCCN6C(=O)Cc6ccccc6)s5)cc4)cc3)s2)c2ccccc2)CC1. The molecule has 4 aromatic carbocycles. The number of benzene rings is 4. The van der Waals surface area contributed by atoms with Crippen LogP contribution in [0.5, 0.6) is 0 Å². The van der Waals surface area contributed by atoms with Crippen LogP contribution in [0.4, 0.5) is 0 Å². The second-order valence-corrected chi connectivity index (χ2v) is 18.8. The molecule has 10 nitrogen and oxygen atoms in total. The third-order valence-electron chi connectivity index (χ3n) is 12.7. The Morgan fingerprint density at radius 2 is 1.16 bits per heavy atom. The van der Waals surface area contributed by atoms with Gasteiger partial charge in [-0.15, -0.1) is 22.7 Å². The number of hydrogen-bond acceptors (Lipinski definition) is 8. The molecule has 3 fully saturated rings. The summed E-state index contributed by atoms with van der Waals surface area (Å²) >= 11 is 3.29. The zero-order chi connectivity index (χ0) is 43.3. The fourth-order valence-electron chi connectivity index (χ4n) is 9.11. The van der Waals surface area contributed by atoms with Gasteiger partial charge in [0.05, 0.1) is 34.2 Å². The number of piperidine rings is 1. The fraction of sp³-hybridized carbons (Fsp3) is 0.314. The molecular formula is C51H50N6O4S2. The first kappa shape index (κ1) is 42.2. The van der Waals surface area contributed by atoms with Crippen molar-refractivity contribution in [2.45, 2.75) is 69.9 Å². The molecule has 2 aromatic heterocycles. The van der Waals surface area contributed by atoms with E-state index in [9.17, 15) is 19.2 Å². The summed E-state index contributed by atoms with van der Waals surface area (Å²) in [6.07, 6.45) is 10.6. The highest BCUT2D eigenvalue weighted by molar-refractivity contribution is 7.15. The summed E-state index contributed by atoms with van der Waals surface area (Å²) < 4.78 is 0. The Kier molecular flexibility index (Phi) is 12.8. The monoisotopic (exact) mass is 874 g/mol. The maximum Gasteiger partial charge on any atom is 0.248 e. The third kappa shape index (κ3) is 9.47. The lowest BCUT2D eigenvalue weighted by Crippen LogP contribution is -2.39. The van der Waals surface area contributed by atoms with E-state index < -0.39 is 5.92 Å². The number of aromatic nitrogens is 2. The summed E-state index contributed by atoms with van der Waals surface area (Å²) in [5.41, 5.74) is 6.23. The molecule has 320 valence electrons. The van der Waals surface area contributed by atoms with Crippen LogP contribution in [0.25, 0.3) is 32.0 Å². The second-order valence-electron chi connectivity index (χ2n) is 16.7. The predicted molar refractivity (Wildman–Crippen MR) is 249 cm³/mol. The Hall–Kier alpha value is -6.11. The quantitative estimate of drug-likeness (QED) is 0.120. The Labute approximate surface area is 376 Å². The van der Waals surface area contributed by atoms with Crippen molar-refractivity contribution < 1.29 is 19.2 Å². The smallest absolute Gasteiger partial charge is 0.248 e. The summed E-state index contributed by atoms with van der Waals surface area (Å²) in [6, 6.07) is 36.5. The van der Waals surface area contributed by atoms with Gasteiger partial charge in [-0.2, -0.15) is 0 Å². The van der Waals surface area contributed by atoms with E-state index in [0.29, 0.717) is 38.9 Å². The van der Waals surface area contributed by atoms with Crippen molar-refractivity contribution >= 4 is 52.5 Å². The molecule has 6 aromatic rings. The average Bonchev–Trinajstić information content (AvgIpc) is 4.18. The lowest BCUT2D eigenvalue weighted by atomic mass is 9.95. The highest BCUT2D eigenvalue weighted by Crippen LogP contribution is 2.41. The van der Waals surface area contributed by atoms with Crippen molar-refractivity contribution in [3.05, 3.63) is 143 Å². The fourth-order valence-corrected chi connectivity index (χ4v) is 11.3. The van der Waals surface area contributed by atoms with Crippen LogP contribution in [0.3, 0.4) is 0 Å². The minimum Gasteiger partial charge on any atom is -0.343 e. The molecular weight excluding hydrogens is 825 g/mol. The highest BCUT2D eigenvalue weighted by Gasteiger charge is 2.37. The van der Waals surface area contributed by atoms with Crippen molar-refractivity contribution in [3.8, 4) is 32.0 Å². The first-order chi connectivity index (χ1) is 30.8. The van der Waals surface area contributed by atoms with Gasteiger partial charge in [0.15, 0.2) is 0 Å². The van der Waals surface area contributed by atoms with Gasteiger partial charge in [-0.05, 0) is 71.9 Å². The summed E-state index contributed by atoms with van der Waals surface area (Å²) in [4.78, 5) is 74.5. The van der Waals surface area contributed by atoms with Crippen LogP contribution in [0.15, 0.2) is 127 Å². The lowest BCUT2D eigenvalue weighted by Gasteiger charge is -2.29. The van der Waals surface area contributed by atoms with E-state index in [0.717, 1.165) is 85.4 Å². The van der Waals surface area contributed by atoms with Crippen LogP contribution in [-0.4, -0.2) is 80.7 Å². The molecule has 0 radical (unpaired) electrons. The van der Waals surface area contributed by atoms with Crippen molar-refractivity contribution in [2.75, 3.05) is 26.2 Å². The third-order valence-corrected chi connectivity index (χ3v) is 15.0. The first-order valence-corrected chi connectivity index (χ1v) is 23.6. The summed E-state index contributed by atoms with van der Waals surface area (Å²) in [7, 11) is 0. The molecule has 3 aliphatic heterocycles. The molecule has 3 saturated heterocycles.